The zero-order valence-corrected chi connectivity index (χ0v) is 16.3. The highest BCUT2D eigenvalue weighted by Crippen LogP contribution is 2.36. The van der Waals surface area contributed by atoms with Crippen molar-refractivity contribution in [3.8, 4) is 17.3 Å². The average molecular weight is 456 g/mol. The van der Waals surface area contributed by atoms with Gasteiger partial charge in [-0.1, -0.05) is 35.3 Å². The summed E-state index contributed by atoms with van der Waals surface area (Å²) in [7, 11) is -3.85. The summed E-state index contributed by atoms with van der Waals surface area (Å²) in [5.41, 5.74) is 1.26. The molecule has 126 valence electrons. The van der Waals surface area contributed by atoms with E-state index in [1.165, 1.54) is 24.3 Å². The van der Waals surface area contributed by atoms with Crippen molar-refractivity contribution >= 4 is 49.0 Å². The monoisotopic (exact) mass is 454 g/mol. The minimum absolute atomic E-state index is 0.0750. The molecule has 0 saturated carbocycles. The van der Waals surface area contributed by atoms with Crippen molar-refractivity contribution in [1.29, 1.82) is 5.26 Å². The van der Waals surface area contributed by atoms with Crippen molar-refractivity contribution in [2.45, 2.75) is 9.92 Å². The standard InChI is InChI=1S/C17H9BrCl2N2O2S/c18-15-14(9-21)16(10-1-3-11(19)4-2-10)22-17(15)25(23,24)13-7-5-12(20)6-8-13/h1-8,22H. The third kappa shape index (κ3) is 3.33. The third-order valence-electron chi connectivity index (χ3n) is 3.54. The summed E-state index contributed by atoms with van der Waals surface area (Å²) >= 11 is 14.9. The molecule has 0 radical (unpaired) electrons. The zero-order valence-electron chi connectivity index (χ0n) is 12.4. The van der Waals surface area contributed by atoms with Gasteiger partial charge in [0.05, 0.1) is 20.6 Å². The SMILES string of the molecule is N#Cc1c(-c2ccc(Cl)cc2)[nH]c(S(=O)(=O)c2ccc(Cl)cc2)c1Br. The number of nitrogens with one attached hydrogen (secondary N) is 1. The Hall–Kier alpha value is -1.78. The molecular weight excluding hydrogens is 447 g/mol. The van der Waals surface area contributed by atoms with Gasteiger partial charge in [0.15, 0.2) is 5.03 Å². The van der Waals surface area contributed by atoms with E-state index in [9.17, 15) is 13.7 Å². The predicted molar refractivity (Wildman–Crippen MR) is 101 cm³/mol. The lowest BCUT2D eigenvalue weighted by molar-refractivity contribution is 0.592. The van der Waals surface area contributed by atoms with Gasteiger partial charge in [-0.15, -0.1) is 0 Å². The summed E-state index contributed by atoms with van der Waals surface area (Å²) < 4.78 is 26.0. The minimum atomic E-state index is -3.85. The molecule has 0 saturated heterocycles. The van der Waals surface area contributed by atoms with Crippen LogP contribution in [0.25, 0.3) is 11.3 Å². The fraction of sp³-hybridized carbons (Fsp3) is 0. The summed E-state index contributed by atoms with van der Waals surface area (Å²) in [5.74, 6) is 0. The highest BCUT2D eigenvalue weighted by molar-refractivity contribution is 9.10. The van der Waals surface area contributed by atoms with Gasteiger partial charge in [-0.2, -0.15) is 5.26 Å². The summed E-state index contributed by atoms with van der Waals surface area (Å²) in [5, 5.41) is 10.4. The maximum absolute atomic E-state index is 12.9. The Kier molecular flexibility index (Phi) is 4.94. The van der Waals surface area contributed by atoms with Gasteiger partial charge in [0, 0.05) is 10.0 Å². The molecule has 0 spiro atoms. The molecule has 0 aliphatic carbocycles. The first kappa shape index (κ1) is 18.0. The molecule has 3 rings (SSSR count). The van der Waals surface area contributed by atoms with E-state index in [2.05, 4.69) is 20.9 Å². The van der Waals surface area contributed by atoms with E-state index in [1.54, 1.807) is 24.3 Å². The van der Waals surface area contributed by atoms with Gasteiger partial charge < -0.3 is 4.98 Å². The van der Waals surface area contributed by atoms with Crippen LogP contribution < -0.4 is 0 Å². The molecule has 2 aromatic carbocycles. The molecule has 0 aliphatic heterocycles. The van der Waals surface area contributed by atoms with Crippen LogP contribution in [0.2, 0.25) is 10.0 Å². The van der Waals surface area contributed by atoms with E-state index in [4.69, 9.17) is 23.2 Å². The maximum Gasteiger partial charge on any atom is 0.223 e. The van der Waals surface area contributed by atoms with Crippen LogP contribution in [0.15, 0.2) is 62.9 Å². The molecule has 4 nitrogen and oxygen atoms in total. The lowest BCUT2D eigenvalue weighted by Gasteiger charge is -2.03. The van der Waals surface area contributed by atoms with Crippen molar-refractivity contribution in [3.05, 3.63) is 68.6 Å². The summed E-state index contributed by atoms with van der Waals surface area (Å²) in [4.78, 5) is 2.93. The number of H-pyrrole nitrogens is 1. The van der Waals surface area contributed by atoms with Crippen molar-refractivity contribution in [1.82, 2.24) is 4.98 Å². The van der Waals surface area contributed by atoms with Gasteiger partial charge in [0.25, 0.3) is 0 Å². The molecule has 1 heterocycles. The van der Waals surface area contributed by atoms with Crippen molar-refractivity contribution in [2.24, 2.45) is 0 Å². The second-order valence-corrected chi connectivity index (χ2v) is 8.65. The van der Waals surface area contributed by atoms with E-state index in [0.717, 1.165) is 0 Å². The molecular formula is C17H9BrCl2N2O2S. The van der Waals surface area contributed by atoms with E-state index in [0.29, 0.717) is 21.3 Å². The van der Waals surface area contributed by atoms with Crippen molar-refractivity contribution < 1.29 is 8.42 Å². The largest absolute Gasteiger partial charge is 0.343 e. The van der Waals surface area contributed by atoms with Gasteiger partial charge in [0.1, 0.15) is 6.07 Å². The first-order valence-corrected chi connectivity index (χ1v) is 9.96. The molecule has 0 bridgehead atoms. The Morgan fingerprint density at radius 1 is 0.960 bits per heavy atom. The Morgan fingerprint density at radius 2 is 1.48 bits per heavy atom. The van der Waals surface area contributed by atoms with Crippen LogP contribution in [0.3, 0.4) is 0 Å². The molecule has 1 N–H and O–H groups in total. The van der Waals surface area contributed by atoms with E-state index >= 15 is 0 Å². The van der Waals surface area contributed by atoms with Gasteiger partial charge >= 0.3 is 0 Å². The van der Waals surface area contributed by atoms with Crippen LogP contribution in [0.4, 0.5) is 0 Å². The van der Waals surface area contributed by atoms with E-state index in [1.807, 2.05) is 6.07 Å². The Morgan fingerprint density at radius 3 is 2.00 bits per heavy atom. The second-order valence-electron chi connectivity index (χ2n) is 5.09. The number of benzene rings is 2. The Bertz CT molecular complexity index is 1080. The smallest absolute Gasteiger partial charge is 0.223 e. The van der Waals surface area contributed by atoms with Crippen LogP contribution in [-0.4, -0.2) is 13.4 Å². The molecule has 1 aromatic heterocycles. The summed E-state index contributed by atoms with van der Waals surface area (Å²) in [6, 6.07) is 14.6. The molecule has 25 heavy (non-hydrogen) atoms. The van der Waals surface area contributed by atoms with Crippen LogP contribution in [0.1, 0.15) is 5.56 Å². The highest BCUT2D eigenvalue weighted by Gasteiger charge is 2.27. The Balaban J connectivity index is 2.20. The highest BCUT2D eigenvalue weighted by atomic mass is 79.9. The number of sulfone groups is 1. The van der Waals surface area contributed by atoms with Gasteiger partial charge in [0.2, 0.25) is 9.84 Å². The molecule has 8 heteroatoms. The van der Waals surface area contributed by atoms with Crippen LogP contribution in [-0.2, 0) is 9.84 Å². The van der Waals surface area contributed by atoms with Gasteiger partial charge in [-0.3, -0.25) is 0 Å². The number of halogens is 3. The minimum Gasteiger partial charge on any atom is -0.343 e. The first-order chi connectivity index (χ1) is 11.8. The van der Waals surface area contributed by atoms with Gasteiger partial charge in [-0.25, -0.2) is 8.42 Å². The molecule has 0 fully saturated rings. The summed E-state index contributed by atoms with van der Waals surface area (Å²) in [6.45, 7) is 0. The molecule has 0 atom stereocenters. The zero-order chi connectivity index (χ0) is 18.2. The third-order valence-corrected chi connectivity index (χ3v) is 6.84. The maximum atomic E-state index is 12.9. The molecule has 0 amide bonds. The number of hydrogen-bond donors (Lipinski definition) is 1. The fourth-order valence-corrected chi connectivity index (χ4v) is 4.89. The van der Waals surface area contributed by atoms with Crippen LogP contribution >= 0.6 is 39.1 Å². The van der Waals surface area contributed by atoms with Crippen LogP contribution in [0, 0.1) is 11.3 Å². The fourth-order valence-electron chi connectivity index (χ4n) is 2.31. The predicted octanol–water partition coefficient (Wildman–Crippen LogP) is 5.46. The van der Waals surface area contributed by atoms with Crippen molar-refractivity contribution in [3.63, 3.8) is 0 Å². The number of aromatic amines is 1. The number of nitrogens with zero attached hydrogens (tertiary/aromatic N) is 1. The van der Waals surface area contributed by atoms with Gasteiger partial charge in [-0.05, 0) is 57.9 Å². The number of hydrogen-bond acceptors (Lipinski definition) is 3. The quantitative estimate of drug-likeness (QED) is 0.570. The molecule has 3 aromatic rings. The second kappa shape index (κ2) is 6.85. The normalized spacial score (nSPS) is 11.3. The molecule has 0 aliphatic rings. The lowest BCUT2D eigenvalue weighted by atomic mass is 10.1. The van der Waals surface area contributed by atoms with Crippen molar-refractivity contribution in [2.75, 3.05) is 0 Å². The van der Waals surface area contributed by atoms with Crippen LogP contribution in [0.5, 0.6) is 0 Å². The Labute approximate surface area is 163 Å². The van der Waals surface area contributed by atoms with E-state index < -0.39 is 9.84 Å². The molecule has 0 unspecified atom stereocenters. The lowest BCUT2D eigenvalue weighted by Crippen LogP contribution is -2.03. The number of aromatic nitrogens is 1. The first-order valence-electron chi connectivity index (χ1n) is 6.92. The topological polar surface area (TPSA) is 73.7 Å². The van der Waals surface area contributed by atoms with E-state index in [-0.39, 0.29) is 20.0 Å². The number of nitriles is 1. The number of rotatable bonds is 3. The average Bonchev–Trinajstić information content (AvgIpc) is 2.93. The summed E-state index contributed by atoms with van der Waals surface area (Å²) in [6.07, 6.45) is 0.